The normalized spacial score (nSPS) is 13.7. The number of aryl methyl sites for hydroxylation is 1. The number of hydrogen-bond acceptors (Lipinski definition) is 2. The highest BCUT2D eigenvalue weighted by molar-refractivity contribution is 5.16. The van der Waals surface area contributed by atoms with Gasteiger partial charge in [0.1, 0.15) is 0 Å². The van der Waals surface area contributed by atoms with Crippen LogP contribution in [-0.4, -0.2) is 15.3 Å². The van der Waals surface area contributed by atoms with Crippen molar-refractivity contribution in [1.82, 2.24) is 10.2 Å². The van der Waals surface area contributed by atoms with Crippen molar-refractivity contribution in [2.24, 2.45) is 0 Å². The Balaban J connectivity index is 2.94. The molecule has 0 radical (unpaired) electrons. The van der Waals surface area contributed by atoms with Crippen molar-refractivity contribution in [3.63, 3.8) is 0 Å². The zero-order chi connectivity index (χ0) is 6.85. The summed E-state index contributed by atoms with van der Waals surface area (Å²) in [5.41, 5.74) is 1.81. The Kier molecular flexibility index (Phi) is 1.53. The zero-order valence-electron chi connectivity index (χ0n) is 5.55. The summed E-state index contributed by atoms with van der Waals surface area (Å²) in [5, 5.41) is 15.5. The summed E-state index contributed by atoms with van der Waals surface area (Å²) in [7, 11) is 0. The SMILES string of the molecule is Cc1[nH]ncc1C(C)O. The predicted octanol–water partition coefficient (Wildman–Crippen LogP) is 0.771. The zero-order valence-corrected chi connectivity index (χ0v) is 5.55. The first-order valence-corrected chi connectivity index (χ1v) is 2.89. The van der Waals surface area contributed by atoms with E-state index in [1.165, 1.54) is 0 Å². The second kappa shape index (κ2) is 2.19. The lowest BCUT2D eigenvalue weighted by Gasteiger charge is -1.98. The fourth-order valence-corrected chi connectivity index (χ4v) is 0.781. The van der Waals surface area contributed by atoms with Crippen LogP contribution in [0.4, 0.5) is 0 Å². The number of nitrogens with one attached hydrogen (secondary N) is 1. The number of H-pyrrole nitrogens is 1. The molecular weight excluding hydrogens is 116 g/mol. The second-order valence-corrected chi connectivity index (χ2v) is 2.13. The standard InChI is InChI=1S/C6H10N2O/c1-4-6(5(2)9)3-7-8-4/h3,5,9H,1-2H3,(H,7,8). The van der Waals surface area contributed by atoms with Gasteiger partial charge in [-0.1, -0.05) is 0 Å². The number of rotatable bonds is 1. The molecule has 1 rings (SSSR count). The molecule has 0 aliphatic carbocycles. The molecule has 0 fully saturated rings. The van der Waals surface area contributed by atoms with Crippen LogP contribution >= 0.6 is 0 Å². The Labute approximate surface area is 53.7 Å². The summed E-state index contributed by atoms with van der Waals surface area (Å²) in [4.78, 5) is 0. The van der Waals surface area contributed by atoms with Crippen molar-refractivity contribution in [2.45, 2.75) is 20.0 Å². The van der Waals surface area contributed by atoms with Crippen molar-refractivity contribution in [3.8, 4) is 0 Å². The minimum absolute atomic E-state index is 0.413. The molecule has 2 N–H and O–H groups in total. The summed E-state index contributed by atoms with van der Waals surface area (Å²) in [6, 6.07) is 0. The molecule has 0 bridgehead atoms. The monoisotopic (exact) mass is 126 g/mol. The fourth-order valence-electron chi connectivity index (χ4n) is 0.781. The third kappa shape index (κ3) is 1.10. The van der Waals surface area contributed by atoms with Crippen LogP contribution in [0.5, 0.6) is 0 Å². The first kappa shape index (κ1) is 6.29. The molecule has 0 saturated carbocycles. The van der Waals surface area contributed by atoms with Crippen molar-refractivity contribution < 1.29 is 5.11 Å². The van der Waals surface area contributed by atoms with Gasteiger partial charge in [-0.05, 0) is 13.8 Å². The molecule has 0 aliphatic heterocycles. The van der Waals surface area contributed by atoms with E-state index in [0.717, 1.165) is 11.3 Å². The van der Waals surface area contributed by atoms with Crippen LogP contribution in [0.3, 0.4) is 0 Å². The van der Waals surface area contributed by atoms with Gasteiger partial charge in [0.15, 0.2) is 0 Å². The molecule has 3 heteroatoms. The highest BCUT2D eigenvalue weighted by Crippen LogP contribution is 2.12. The third-order valence-corrected chi connectivity index (χ3v) is 1.32. The van der Waals surface area contributed by atoms with E-state index < -0.39 is 6.10 Å². The van der Waals surface area contributed by atoms with E-state index in [2.05, 4.69) is 10.2 Å². The molecule has 1 unspecified atom stereocenters. The first-order chi connectivity index (χ1) is 4.22. The average molecular weight is 126 g/mol. The lowest BCUT2D eigenvalue weighted by atomic mass is 10.2. The smallest absolute Gasteiger partial charge is 0.0795 e. The van der Waals surface area contributed by atoms with Crippen molar-refractivity contribution in [2.75, 3.05) is 0 Å². The van der Waals surface area contributed by atoms with Crippen molar-refractivity contribution >= 4 is 0 Å². The minimum Gasteiger partial charge on any atom is -0.389 e. The Bertz CT molecular complexity index is 193. The van der Waals surface area contributed by atoms with E-state index >= 15 is 0 Å². The summed E-state index contributed by atoms with van der Waals surface area (Å²) < 4.78 is 0. The predicted molar refractivity (Wildman–Crippen MR) is 34.0 cm³/mol. The van der Waals surface area contributed by atoms with E-state index in [1.54, 1.807) is 13.1 Å². The molecule has 1 aromatic rings. The quantitative estimate of drug-likeness (QED) is 0.584. The molecule has 0 aliphatic rings. The van der Waals surface area contributed by atoms with Crippen LogP contribution in [0.25, 0.3) is 0 Å². The molecule has 0 aromatic carbocycles. The van der Waals surface area contributed by atoms with Crippen LogP contribution < -0.4 is 0 Å². The van der Waals surface area contributed by atoms with Crippen LogP contribution in [0.2, 0.25) is 0 Å². The van der Waals surface area contributed by atoms with Gasteiger partial charge in [-0.25, -0.2) is 0 Å². The molecule has 0 spiro atoms. The third-order valence-electron chi connectivity index (χ3n) is 1.32. The lowest BCUT2D eigenvalue weighted by Crippen LogP contribution is -1.90. The van der Waals surface area contributed by atoms with E-state index in [4.69, 9.17) is 5.11 Å². The number of aromatic amines is 1. The topological polar surface area (TPSA) is 48.9 Å². The average Bonchev–Trinajstić information content (AvgIpc) is 2.13. The van der Waals surface area contributed by atoms with E-state index in [9.17, 15) is 0 Å². The van der Waals surface area contributed by atoms with Crippen LogP contribution in [-0.2, 0) is 0 Å². The van der Waals surface area contributed by atoms with Gasteiger partial charge < -0.3 is 5.11 Å². The highest BCUT2D eigenvalue weighted by Gasteiger charge is 2.04. The van der Waals surface area contributed by atoms with Crippen LogP contribution in [0, 0.1) is 6.92 Å². The number of nitrogens with zero attached hydrogens (tertiary/aromatic N) is 1. The molecule has 1 atom stereocenters. The molecule has 9 heavy (non-hydrogen) atoms. The fraction of sp³-hybridized carbons (Fsp3) is 0.500. The largest absolute Gasteiger partial charge is 0.389 e. The molecule has 3 nitrogen and oxygen atoms in total. The van der Waals surface area contributed by atoms with Crippen LogP contribution in [0.1, 0.15) is 24.3 Å². The summed E-state index contributed by atoms with van der Waals surface area (Å²) in [6.07, 6.45) is 1.23. The molecule has 0 amide bonds. The first-order valence-electron chi connectivity index (χ1n) is 2.89. The minimum atomic E-state index is -0.413. The highest BCUT2D eigenvalue weighted by atomic mass is 16.3. The van der Waals surface area contributed by atoms with Gasteiger partial charge in [0.2, 0.25) is 0 Å². The summed E-state index contributed by atoms with van der Waals surface area (Å²) in [5.74, 6) is 0. The number of aliphatic hydroxyl groups excluding tert-OH is 1. The lowest BCUT2D eigenvalue weighted by molar-refractivity contribution is 0.198. The second-order valence-electron chi connectivity index (χ2n) is 2.13. The number of aromatic nitrogens is 2. The summed E-state index contributed by atoms with van der Waals surface area (Å²) >= 11 is 0. The van der Waals surface area contributed by atoms with Gasteiger partial charge in [0.05, 0.1) is 12.3 Å². The Morgan fingerprint density at radius 2 is 2.44 bits per heavy atom. The van der Waals surface area contributed by atoms with Gasteiger partial charge in [-0.15, -0.1) is 0 Å². The van der Waals surface area contributed by atoms with Gasteiger partial charge in [0.25, 0.3) is 0 Å². The Morgan fingerprint density at radius 1 is 1.78 bits per heavy atom. The van der Waals surface area contributed by atoms with Gasteiger partial charge >= 0.3 is 0 Å². The van der Waals surface area contributed by atoms with Crippen molar-refractivity contribution in [1.29, 1.82) is 0 Å². The molecule has 1 aromatic heterocycles. The summed E-state index contributed by atoms with van der Waals surface area (Å²) in [6.45, 7) is 3.60. The van der Waals surface area contributed by atoms with E-state index in [0.29, 0.717) is 0 Å². The molecule has 0 saturated heterocycles. The van der Waals surface area contributed by atoms with Gasteiger partial charge in [-0.2, -0.15) is 5.10 Å². The van der Waals surface area contributed by atoms with Gasteiger partial charge in [-0.3, -0.25) is 5.10 Å². The maximum Gasteiger partial charge on any atom is 0.0795 e. The van der Waals surface area contributed by atoms with E-state index in [1.807, 2.05) is 6.92 Å². The number of hydrogen-bond donors (Lipinski definition) is 2. The molecule has 50 valence electrons. The Hall–Kier alpha value is -0.830. The van der Waals surface area contributed by atoms with Crippen LogP contribution in [0.15, 0.2) is 6.20 Å². The maximum absolute atomic E-state index is 9.03. The van der Waals surface area contributed by atoms with Crippen molar-refractivity contribution in [3.05, 3.63) is 17.5 Å². The van der Waals surface area contributed by atoms with Gasteiger partial charge in [0, 0.05) is 11.3 Å². The number of aliphatic hydroxyl groups is 1. The Morgan fingerprint density at radius 3 is 2.67 bits per heavy atom. The maximum atomic E-state index is 9.03. The molecular formula is C6H10N2O. The molecule has 1 heterocycles. The van der Waals surface area contributed by atoms with E-state index in [-0.39, 0.29) is 0 Å².